The zero-order valence-electron chi connectivity index (χ0n) is 11.0. The predicted molar refractivity (Wildman–Crippen MR) is 75.7 cm³/mol. The van der Waals surface area contributed by atoms with E-state index in [0.717, 1.165) is 0 Å². The predicted octanol–water partition coefficient (Wildman–Crippen LogP) is -0.643. The Balaban J connectivity index is 2.30. The van der Waals surface area contributed by atoms with Crippen molar-refractivity contribution in [3.8, 4) is 5.75 Å². The molecular weight excluding hydrogens is 300 g/mol. The van der Waals surface area contributed by atoms with Crippen LogP contribution in [0.3, 0.4) is 0 Å². The van der Waals surface area contributed by atoms with Crippen molar-refractivity contribution in [2.45, 2.75) is 6.04 Å². The zero-order chi connectivity index (χ0) is 15.8. The highest BCUT2D eigenvalue weighted by atomic mass is 35.5. The number of carbonyl (C=O) groups is 3. The topological polar surface area (TPSA) is 137 Å². The maximum atomic E-state index is 11.4. The summed E-state index contributed by atoms with van der Waals surface area (Å²) in [7, 11) is 0. The molecule has 0 fully saturated rings. The van der Waals surface area contributed by atoms with Gasteiger partial charge in [-0.1, -0.05) is 17.7 Å². The van der Waals surface area contributed by atoms with Gasteiger partial charge in [-0.05, 0) is 18.2 Å². The minimum atomic E-state index is -1.56. The molecule has 6 N–H and O–H groups in total. The van der Waals surface area contributed by atoms with Crippen LogP contribution in [0.25, 0.3) is 0 Å². The van der Waals surface area contributed by atoms with Gasteiger partial charge in [-0.15, -0.1) is 0 Å². The van der Waals surface area contributed by atoms with Crippen molar-refractivity contribution in [2.24, 2.45) is 11.5 Å². The van der Waals surface area contributed by atoms with Gasteiger partial charge in [0.15, 0.2) is 6.04 Å². The summed E-state index contributed by atoms with van der Waals surface area (Å²) >= 11 is 5.78. The Bertz CT molecular complexity index is 524. The van der Waals surface area contributed by atoms with Crippen molar-refractivity contribution in [3.63, 3.8) is 0 Å². The Morgan fingerprint density at radius 1 is 1.24 bits per heavy atom. The van der Waals surface area contributed by atoms with E-state index in [2.05, 4.69) is 5.32 Å². The molecule has 114 valence electrons. The average molecular weight is 315 g/mol. The highest BCUT2D eigenvalue weighted by molar-refractivity contribution is 6.30. The van der Waals surface area contributed by atoms with E-state index in [-0.39, 0.29) is 13.2 Å². The van der Waals surface area contributed by atoms with Crippen LogP contribution in [0.1, 0.15) is 0 Å². The first-order valence-electron chi connectivity index (χ1n) is 5.91. The number of ether oxygens (including phenoxy) is 1. The number of nitrogens with one attached hydrogen (secondary N) is 2. The van der Waals surface area contributed by atoms with E-state index >= 15 is 0 Å². The van der Waals surface area contributed by atoms with Crippen molar-refractivity contribution < 1.29 is 19.1 Å². The standard InChI is InChI=1S/C12H15ClN4O4/c13-7-2-1-3-8(6-7)21-5-4-16-12(20)17-9(10(14)18)11(15)19/h1-3,6,9H,4-5H2,(H2,14,18)(H2,15,19)(H2,16,17,20). The molecular formula is C12H15ClN4O4. The summed E-state index contributed by atoms with van der Waals surface area (Å²) in [4.78, 5) is 33.1. The number of urea groups is 1. The number of carbonyl (C=O) groups excluding carboxylic acids is 3. The van der Waals surface area contributed by atoms with Crippen molar-refractivity contribution in [3.05, 3.63) is 29.3 Å². The fourth-order valence-corrected chi connectivity index (χ4v) is 1.54. The monoisotopic (exact) mass is 314 g/mol. The summed E-state index contributed by atoms with van der Waals surface area (Å²) < 4.78 is 5.33. The van der Waals surface area contributed by atoms with Crippen LogP contribution in [0.5, 0.6) is 5.75 Å². The fraction of sp³-hybridized carbons (Fsp3) is 0.250. The van der Waals surface area contributed by atoms with Crippen LogP contribution in [0.4, 0.5) is 4.79 Å². The number of benzene rings is 1. The molecule has 21 heavy (non-hydrogen) atoms. The Kier molecular flexibility index (Phi) is 6.28. The van der Waals surface area contributed by atoms with Crippen molar-refractivity contribution in [1.82, 2.24) is 10.6 Å². The molecule has 0 bridgehead atoms. The Morgan fingerprint density at radius 2 is 1.90 bits per heavy atom. The lowest BCUT2D eigenvalue weighted by Gasteiger charge is -2.13. The molecule has 1 rings (SSSR count). The molecule has 0 aliphatic carbocycles. The fourth-order valence-electron chi connectivity index (χ4n) is 1.35. The maximum absolute atomic E-state index is 11.4. The Morgan fingerprint density at radius 3 is 2.48 bits per heavy atom. The van der Waals surface area contributed by atoms with Gasteiger partial charge in [0.2, 0.25) is 11.8 Å². The van der Waals surface area contributed by atoms with E-state index in [0.29, 0.717) is 10.8 Å². The highest BCUT2D eigenvalue weighted by Crippen LogP contribution is 2.16. The van der Waals surface area contributed by atoms with Gasteiger partial charge in [0.25, 0.3) is 0 Å². The van der Waals surface area contributed by atoms with Gasteiger partial charge in [-0.2, -0.15) is 0 Å². The quantitative estimate of drug-likeness (QED) is 0.393. The molecule has 0 saturated heterocycles. The maximum Gasteiger partial charge on any atom is 0.315 e. The molecule has 0 heterocycles. The normalized spacial score (nSPS) is 10.0. The molecule has 0 atom stereocenters. The Hall–Kier alpha value is -2.48. The number of hydrogen-bond donors (Lipinski definition) is 4. The van der Waals surface area contributed by atoms with Gasteiger partial charge in [-0.3, -0.25) is 9.59 Å². The van der Waals surface area contributed by atoms with Crippen LogP contribution >= 0.6 is 11.6 Å². The van der Waals surface area contributed by atoms with E-state index in [1.807, 2.05) is 5.32 Å². The molecule has 1 aromatic carbocycles. The third-order valence-electron chi connectivity index (χ3n) is 2.30. The molecule has 0 aliphatic heterocycles. The summed E-state index contributed by atoms with van der Waals surface area (Å²) in [6, 6.07) is 4.45. The number of halogens is 1. The van der Waals surface area contributed by atoms with Gasteiger partial charge in [-0.25, -0.2) is 4.79 Å². The number of primary amides is 2. The second-order valence-corrected chi connectivity index (χ2v) is 4.38. The number of hydrogen-bond acceptors (Lipinski definition) is 4. The second-order valence-electron chi connectivity index (χ2n) is 3.94. The smallest absolute Gasteiger partial charge is 0.315 e. The number of rotatable bonds is 7. The van der Waals surface area contributed by atoms with Gasteiger partial charge < -0.3 is 26.8 Å². The van der Waals surface area contributed by atoms with Crippen LogP contribution < -0.4 is 26.8 Å². The summed E-state index contributed by atoms with van der Waals surface area (Å²) in [6.45, 7) is 0.314. The molecule has 4 amide bonds. The van der Waals surface area contributed by atoms with Gasteiger partial charge in [0, 0.05) is 5.02 Å². The molecule has 8 nitrogen and oxygen atoms in total. The summed E-state index contributed by atoms with van der Waals surface area (Å²) in [5.41, 5.74) is 9.82. The number of nitrogens with two attached hydrogens (primary N) is 2. The van der Waals surface area contributed by atoms with Crippen LogP contribution in [-0.4, -0.2) is 37.0 Å². The van der Waals surface area contributed by atoms with Crippen LogP contribution in [-0.2, 0) is 9.59 Å². The van der Waals surface area contributed by atoms with E-state index in [9.17, 15) is 14.4 Å². The van der Waals surface area contributed by atoms with Crippen LogP contribution in [0, 0.1) is 0 Å². The first-order chi connectivity index (χ1) is 9.90. The molecule has 0 radical (unpaired) electrons. The molecule has 1 aromatic rings. The zero-order valence-corrected chi connectivity index (χ0v) is 11.7. The lowest BCUT2D eigenvalue weighted by Crippen LogP contribution is -2.55. The minimum Gasteiger partial charge on any atom is -0.492 e. The third kappa shape index (κ3) is 6.00. The third-order valence-corrected chi connectivity index (χ3v) is 2.53. The SMILES string of the molecule is NC(=O)C(NC(=O)NCCOc1cccc(Cl)c1)C(N)=O. The van der Waals surface area contributed by atoms with Crippen LogP contribution in [0.2, 0.25) is 5.02 Å². The van der Waals surface area contributed by atoms with E-state index in [1.54, 1.807) is 24.3 Å². The van der Waals surface area contributed by atoms with Gasteiger partial charge >= 0.3 is 6.03 Å². The van der Waals surface area contributed by atoms with Crippen molar-refractivity contribution >= 4 is 29.4 Å². The summed E-state index contributed by atoms with van der Waals surface area (Å²) in [5, 5.41) is 4.96. The van der Waals surface area contributed by atoms with Gasteiger partial charge in [0.1, 0.15) is 12.4 Å². The lowest BCUT2D eigenvalue weighted by molar-refractivity contribution is -0.128. The largest absolute Gasteiger partial charge is 0.492 e. The molecule has 0 spiro atoms. The first-order valence-corrected chi connectivity index (χ1v) is 6.29. The summed E-state index contributed by atoms with van der Waals surface area (Å²) in [6.07, 6.45) is 0. The summed E-state index contributed by atoms with van der Waals surface area (Å²) in [5.74, 6) is -1.52. The highest BCUT2D eigenvalue weighted by Gasteiger charge is 2.23. The van der Waals surface area contributed by atoms with Crippen LogP contribution in [0.15, 0.2) is 24.3 Å². The van der Waals surface area contributed by atoms with E-state index in [1.165, 1.54) is 0 Å². The molecule has 0 aliphatic rings. The Labute approximate surface area is 125 Å². The first kappa shape index (κ1) is 16.6. The average Bonchev–Trinajstić information content (AvgIpc) is 2.40. The molecule has 0 saturated carbocycles. The van der Waals surface area contributed by atoms with Crippen molar-refractivity contribution in [1.29, 1.82) is 0 Å². The number of amides is 4. The molecule has 9 heteroatoms. The second kappa shape index (κ2) is 7.95. The van der Waals surface area contributed by atoms with E-state index < -0.39 is 23.9 Å². The van der Waals surface area contributed by atoms with E-state index in [4.69, 9.17) is 27.8 Å². The van der Waals surface area contributed by atoms with Gasteiger partial charge in [0.05, 0.1) is 6.54 Å². The molecule has 0 aromatic heterocycles. The molecule has 0 unspecified atom stereocenters. The lowest BCUT2D eigenvalue weighted by atomic mass is 10.3. The van der Waals surface area contributed by atoms with Crippen molar-refractivity contribution in [2.75, 3.05) is 13.2 Å². The minimum absolute atomic E-state index is 0.141.